The van der Waals surface area contributed by atoms with Crippen molar-refractivity contribution in [1.29, 1.82) is 0 Å². The van der Waals surface area contributed by atoms with E-state index in [1.807, 2.05) is 0 Å². The SMILES string of the molecule is COC(=O)c1occ2cc3c(cc12)OCO3. The summed E-state index contributed by atoms with van der Waals surface area (Å²) in [6.45, 7) is 0.201. The van der Waals surface area contributed by atoms with E-state index in [4.69, 9.17) is 13.9 Å². The molecule has 16 heavy (non-hydrogen) atoms. The van der Waals surface area contributed by atoms with Crippen molar-refractivity contribution in [1.82, 2.24) is 0 Å². The Labute approximate surface area is 90.5 Å². The Hall–Kier alpha value is -2.17. The summed E-state index contributed by atoms with van der Waals surface area (Å²) in [7, 11) is 1.31. The summed E-state index contributed by atoms with van der Waals surface area (Å²) in [5, 5.41) is 1.45. The van der Waals surface area contributed by atoms with E-state index in [0.717, 1.165) is 5.39 Å². The minimum atomic E-state index is -0.506. The number of furan rings is 1. The van der Waals surface area contributed by atoms with Crippen LogP contribution in [0.2, 0.25) is 0 Å². The summed E-state index contributed by atoms with van der Waals surface area (Å²) >= 11 is 0. The molecular formula is C11H8O5. The third kappa shape index (κ3) is 1.14. The molecule has 0 saturated carbocycles. The topological polar surface area (TPSA) is 57.9 Å². The van der Waals surface area contributed by atoms with Crippen molar-refractivity contribution in [2.24, 2.45) is 0 Å². The number of fused-ring (bicyclic) bond motifs is 2. The summed E-state index contributed by atoms with van der Waals surface area (Å²) in [6, 6.07) is 3.49. The zero-order chi connectivity index (χ0) is 11.1. The molecule has 0 atom stereocenters. The number of rotatable bonds is 1. The van der Waals surface area contributed by atoms with Crippen LogP contribution in [-0.4, -0.2) is 19.9 Å². The molecule has 0 radical (unpaired) electrons. The molecule has 1 aliphatic heterocycles. The average Bonchev–Trinajstić information content (AvgIpc) is 2.90. The molecule has 82 valence electrons. The van der Waals surface area contributed by atoms with Crippen molar-refractivity contribution in [3.63, 3.8) is 0 Å². The molecule has 0 N–H and O–H groups in total. The fourth-order valence-electron chi connectivity index (χ4n) is 1.69. The predicted molar refractivity (Wildman–Crippen MR) is 53.7 cm³/mol. The first-order valence-corrected chi connectivity index (χ1v) is 4.69. The van der Waals surface area contributed by atoms with Gasteiger partial charge in [-0.2, -0.15) is 0 Å². The van der Waals surface area contributed by atoms with Gasteiger partial charge < -0.3 is 18.6 Å². The Bertz CT molecular complexity index is 569. The maximum absolute atomic E-state index is 11.4. The number of carbonyl (C=O) groups excluding carboxylic acids is 1. The first-order valence-electron chi connectivity index (χ1n) is 4.69. The molecule has 1 aromatic carbocycles. The number of hydrogen-bond donors (Lipinski definition) is 0. The summed E-state index contributed by atoms with van der Waals surface area (Å²) in [5.74, 6) is 0.938. The monoisotopic (exact) mass is 220 g/mol. The number of benzene rings is 1. The summed E-state index contributed by atoms with van der Waals surface area (Å²) < 4.78 is 20.2. The molecule has 0 fully saturated rings. The van der Waals surface area contributed by atoms with Gasteiger partial charge in [-0.05, 0) is 12.1 Å². The highest BCUT2D eigenvalue weighted by molar-refractivity contribution is 6.03. The van der Waals surface area contributed by atoms with E-state index in [1.165, 1.54) is 13.4 Å². The van der Waals surface area contributed by atoms with Gasteiger partial charge in [-0.15, -0.1) is 0 Å². The average molecular weight is 220 g/mol. The molecule has 1 aliphatic rings. The van der Waals surface area contributed by atoms with Gasteiger partial charge in [-0.3, -0.25) is 0 Å². The molecule has 5 nitrogen and oxygen atoms in total. The minimum absolute atomic E-state index is 0.177. The third-order valence-electron chi connectivity index (χ3n) is 2.46. The van der Waals surface area contributed by atoms with Crippen LogP contribution in [0.4, 0.5) is 0 Å². The van der Waals surface area contributed by atoms with E-state index >= 15 is 0 Å². The van der Waals surface area contributed by atoms with E-state index in [2.05, 4.69) is 4.74 Å². The van der Waals surface area contributed by atoms with E-state index in [-0.39, 0.29) is 12.6 Å². The molecule has 0 amide bonds. The Morgan fingerprint density at radius 2 is 2.06 bits per heavy atom. The van der Waals surface area contributed by atoms with Crippen molar-refractivity contribution in [2.45, 2.75) is 0 Å². The number of carbonyl (C=O) groups is 1. The minimum Gasteiger partial charge on any atom is -0.463 e. The Morgan fingerprint density at radius 1 is 1.31 bits per heavy atom. The maximum atomic E-state index is 11.4. The second kappa shape index (κ2) is 3.16. The molecule has 0 saturated heterocycles. The number of methoxy groups -OCH3 is 1. The molecule has 0 unspecified atom stereocenters. The second-order valence-electron chi connectivity index (χ2n) is 3.35. The maximum Gasteiger partial charge on any atom is 0.374 e. The van der Waals surface area contributed by atoms with Gasteiger partial charge in [0.25, 0.3) is 0 Å². The van der Waals surface area contributed by atoms with Crippen LogP contribution in [0.15, 0.2) is 22.8 Å². The van der Waals surface area contributed by atoms with Gasteiger partial charge >= 0.3 is 5.97 Å². The highest BCUT2D eigenvalue weighted by Gasteiger charge is 2.20. The summed E-state index contributed by atoms with van der Waals surface area (Å²) in [4.78, 5) is 11.4. The van der Waals surface area contributed by atoms with Gasteiger partial charge in [0.1, 0.15) is 0 Å². The fourth-order valence-corrected chi connectivity index (χ4v) is 1.69. The van der Waals surface area contributed by atoms with Crippen LogP contribution in [0, 0.1) is 0 Å². The van der Waals surface area contributed by atoms with Gasteiger partial charge in [0.2, 0.25) is 12.6 Å². The van der Waals surface area contributed by atoms with Crippen molar-refractivity contribution < 1.29 is 23.4 Å². The van der Waals surface area contributed by atoms with Crippen LogP contribution >= 0.6 is 0 Å². The highest BCUT2D eigenvalue weighted by Crippen LogP contribution is 2.37. The lowest BCUT2D eigenvalue weighted by atomic mass is 10.1. The van der Waals surface area contributed by atoms with E-state index in [0.29, 0.717) is 16.9 Å². The van der Waals surface area contributed by atoms with Crippen molar-refractivity contribution in [2.75, 3.05) is 13.9 Å². The molecule has 1 aromatic heterocycles. The molecule has 3 rings (SSSR count). The van der Waals surface area contributed by atoms with Crippen LogP contribution in [0.1, 0.15) is 10.6 Å². The van der Waals surface area contributed by atoms with Gasteiger partial charge in [-0.25, -0.2) is 4.79 Å². The fraction of sp³-hybridized carbons (Fsp3) is 0.182. The summed E-state index contributed by atoms with van der Waals surface area (Å²) in [5.41, 5.74) is 0. The zero-order valence-electron chi connectivity index (χ0n) is 8.48. The van der Waals surface area contributed by atoms with E-state index in [9.17, 15) is 4.79 Å². The van der Waals surface area contributed by atoms with Gasteiger partial charge in [0.05, 0.1) is 13.4 Å². The van der Waals surface area contributed by atoms with Crippen molar-refractivity contribution in [3.05, 3.63) is 24.2 Å². The molecule has 0 bridgehead atoms. The Morgan fingerprint density at radius 3 is 2.81 bits per heavy atom. The van der Waals surface area contributed by atoms with Crippen molar-refractivity contribution >= 4 is 16.7 Å². The van der Waals surface area contributed by atoms with E-state index < -0.39 is 5.97 Å². The van der Waals surface area contributed by atoms with Gasteiger partial charge in [0.15, 0.2) is 11.5 Å². The predicted octanol–water partition coefficient (Wildman–Crippen LogP) is 1.95. The second-order valence-corrected chi connectivity index (χ2v) is 3.35. The highest BCUT2D eigenvalue weighted by atomic mass is 16.7. The van der Waals surface area contributed by atoms with Crippen LogP contribution in [-0.2, 0) is 4.74 Å². The van der Waals surface area contributed by atoms with Gasteiger partial charge in [-0.1, -0.05) is 0 Å². The Kier molecular flexibility index (Phi) is 1.80. The first-order chi connectivity index (χ1) is 7.79. The number of esters is 1. The molecule has 2 aromatic rings. The first kappa shape index (κ1) is 9.08. The molecule has 2 heterocycles. The quantitative estimate of drug-likeness (QED) is 0.687. The molecule has 0 aliphatic carbocycles. The van der Waals surface area contributed by atoms with Gasteiger partial charge in [0, 0.05) is 10.8 Å². The third-order valence-corrected chi connectivity index (χ3v) is 2.46. The lowest BCUT2D eigenvalue weighted by Gasteiger charge is -1.97. The smallest absolute Gasteiger partial charge is 0.374 e. The lowest BCUT2D eigenvalue weighted by Crippen LogP contribution is -1.99. The van der Waals surface area contributed by atoms with Crippen LogP contribution in [0.3, 0.4) is 0 Å². The summed E-state index contributed by atoms with van der Waals surface area (Å²) in [6.07, 6.45) is 1.49. The zero-order valence-corrected chi connectivity index (χ0v) is 8.48. The number of hydrogen-bond acceptors (Lipinski definition) is 5. The van der Waals surface area contributed by atoms with E-state index in [1.54, 1.807) is 12.1 Å². The largest absolute Gasteiger partial charge is 0.463 e. The Balaban J connectivity index is 2.23. The van der Waals surface area contributed by atoms with Crippen LogP contribution in [0.25, 0.3) is 10.8 Å². The molecule has 5 heteroatoms. The molecule has 0 spiro atoms. The lowest BCUT2D eigenvalue weighted by molar-refractivity contribution is 0.0568. The standard InChI is InChI=1S/C11H8O5/c1-13-11(12)10-7-3-9-8(15-5-16-9)2-6(7)4-14-10/h2-4H,5H2,1H3. The van der Waals surface area contributed by atoms with Crippen molar-refractivity contribution in [3.8, 4) is 11.5 Å². The normalized spacial score (nSPS) is 13.1. The molecular weight excluding hydrogens is 212 g/mol. The van der Waals surface area contributed by atoms with Crippen LogP contribution < -0.4 is 9.47 Å². The van der Waals surface area contributed by atoms with Crippen LogP contribution in [0.5, 0.6) is 11.5 Å². The number of ether oxygens (including phenoxy) is 3.